The number of likely N-dealkylation sites (N-methyl/N-ethyl adjacent to an activating group) is 1. The normalized spacial score (nSPS) is 18.1. The molecule has 1 aromatic heterocycles. The zero-order valence-electron chi connectivity index (χ0n) is 13.3. The molecule has 2 heterocycles. The van der Waals surface area contributed by atoms with Gasteiger partial charge in [0, 0.05) is 31.7 Å². The number of pyridine rings is 1. The Labute approximate surface area is 123 Å². The molecule has 1 N–H and O–H groups in total. The zero-order valence-corrected chi connectivity index (χ0v) is 13.3. The van der Waals surface area contributed by atoms with Gasteiger partial charge in [0.1, 0.15) is 5.82 Å². The van der Waals surface area contributed by atoms with Crippen LogP contribution >= 0.6 is 0 Å². The molecule has 112 valence electrons. The van der Waals surface area contributed by atoms with E-state index < -0.39 is 0 Å². The largest absolute Gasteiger partial charge is 0.355 e. The number of hydrogen-bond acceptors (Lipinski definition) is 4. The van der Waals surface area contributed by atoms with E-state index >= 15 is 0 Å². The van der Waals surface area contributed by atoms with Crippen LogP contribution in [0.2, 0.25) is 0 Å². The van der Waals surface area contributed by atoms with Gasteiger partial charge in [-0.05, 0) is 52.9 Å². The van der Waals surface area contributed by atoms with Crippen LogP contribution in [0, 0.1) is 0 Å². The minimum atomic E-state index is 0.128. The van der Waals surface area contributed by atoms with Gasteiger partial charge in [-0.2, -0.15) is 0 Å². The third-order valence-corrected chi connectivity index (χ3v) is 3.64. The maximum absolute atomic E-state index is 4.81. The second-order valence-electron chi connectivity index (χ2n) is 6.73. The zero-order chi connectivity index (χ0) is 14.6. The van der Waals surface area contributed by atoms with Gasteiger partial charge in [-0.1, -0.05) is 6.07 Å². The molecule has 0 bridgehead atoms. The quantitative estimate of drug-likeness (QED) is 0.916. The van der Waals surface area contributed by atoms with Crippen molar-refractivity contribution in [2.75, 3.05) is 38.1 Å². The van der Waals surface area contributed by atoms with Crippen molar-refractivity contribution in [3.63, 3.8) is 0 Å². The van der Waals surface area contributed by atoms with Gasteiger partial charge in [0.05, 0.1) is 5.69 Å². The number of nitrogens with one attached hydrogen (secondary N) is 1. The molecule has 1 aliphatic heterocycles. The Morgan fingerprint density at radius 1 is 1.15 bits per heavy atom. The van der Waals surface area contributed by atoms with Crippen molar-refractivity contribution in [1.29, 1.82) is 0 Å². The summed E-state index contributed by atoms with van der Waals surface area (Å²) in [6, 6.07) is 6.36. The third-order valence-electron chi connectivity index (χ3n) is 3.64. The molecule has 2 rings (SSSR count). The fourth-order valence-corrected chi connectivity index (χ4v) is 2.37. The van der Waals surface area contributed by atoms with Gasteiger partial charge in [0.25, 0.3) is 0 Å². The molecule has 1 saturated heterocycles. The highest BCUT2D eigenvalue weighted by molar-refractivity contribution is 5.39. The first kappa shape index (κ1) is 15.3. The highest BCUT2D eigenvalue weighted by Gasteiger charge is 2.14. The number of nitrogens with zero attached hydrogens (tertiary/aromatic N) is 3. The average Bonchev–Trinajstić information content (AvgIpc) is 2.61. The monoisotopic (exact) mass is 276 g/mol. The second-order valence-corrected chi connectivity index (χ2v) is 6.73. The molecule has 1 aliphatic rings. The van der Waals surface area contributed by atoms with Gasteiger partial charge in [0.2, 0.25) is 0 Å². The molecule has 4 nitrogen and oxygen atoms in total. The number of anilines is 1. The summed E-state index contributed by atoms with van der Waals surface area (Å²) in [6.07, 6.45) is 1.21. The molecule has 4 heteroatoms. The lowest BCUT2D eigenvalue weighted by atomic mass is 10.1. The van der Waals surface area contributed by atoms with E-state index in [2.05, 4.69) is 61.1 Å². The predicted octanol–water partition coefficient (Wildman–Crippen LogP) is 2.11. The highest BCUT2D eigenvalue weighted by Crippen LogP contribution is 2.14. The fraction of sp³-hybridized carbons (Fsp3) is 0.688. The summed E-state index contributed by atoms with van der Waals surface area (Å²) in [4.78, 5) is 9.61. The Hall–Kier alpha value is -1.13. The van der Waals surface area contributed by atoms with Crippen molar-refractivity contribution in [2.24, 2.45) is 0 Å². The molecule has 0 aromatic carbocycles. The molecular formula is C16H28N4. The van der Waals surface area contributed by atoms with Crippen LogP contribution in [0.25, 0.3) is 0 Å². The van der Waals surface area contributed by atoms with Gasteiger partial charge in [-0.3, -0.25) is 0 Å². The first-order valence-electron chi connectivity index (χ1n) is 7.58. The minimum Gasteiger partial charge on any atom is -0.355 e. The van der Waals surface area contributed by atoms with Crippen LogP contribution in [0.1, 0.15) is 32.9 Å². The molecule has 0 saturated carbocycles. The van der Waals surface area contributed by atoms with Crippen LogP contribution in [0.3, 0.4) is 0 Å². The van der Waals surface area contributed by atoms with Crippen molar-refractivity contribution in [2.45, 2.75) is 39.3 Å². The van der Waals surface area contributed by atoms with E-state index in [9.17, 15) is 0 Å². The summed E-state index contributed by atoms with van der Waals surface area (Å²) < 4.78 is 0. The van der Waals surface area contributed by atoms with Gasteiger partial charge in [-0.25, -0.2) is 4.98 Å². The van der Waals surface area contributed by atoms with Gasteiger partial charge in [0.15, 0.2) is 0 Å². The summed E-state index contributed by atoms with van der Waals surface area (Å²) in [6.45, 7) is 11.8. The highest BCUT2D eigenvalue weighted by atomic mass is 15.2. The first-order valence-corrected chi connectivity index (χ1v) is 7.58. The average molecular weight is 276 g/mol. The van der Waals surface area contributed by atoms with Crippen LogP contribution in [0.15, 0.2) is 18.2 Å². The van der Waals surface area contributed by atoms with Crippen LogP contribution in [-0.2, 0) is 6.54 Å². The van der Waals surface area contributed by atoms with Gasteiger partial charge in [-0.15, -0.1) is 0 Å². The minimum absolute atomic E-state index is 0.128. The Kier molecular flexibility index (Phi) is 5.00. The van der Waals surface area contributed by atoms with Gasteiger partial charge < -0.3 is 15.1 Å². The topological polar surface area (TPSA) is 31.4 Å². The van der Waals surface area contributed by atoms with Crippen LogP contribution < -0.4 is 10.2 Å². The Morgan fingerprint density at radius 2 is 1.95 bits per heavy atom. The molecule has 0 atom stereocenters. The molecule has 1 fully saturated rings. The van der Waals surface area contributed by atoms with Crippen molar-refractivity contribution in [1.82, 2.24) is 15.2 Å². The smallest absolute Gasteiger partial charge is 0.128 e. The predicted molar refractivity (Wildman–Crippen MR) is 85.2 cm³/mol. The maximum Gasteiger partial charge on any atom is 0.128 e. The van der Waals surface area contributed by atoms with Crippen molar-refractivity contribution >= 4 is 5.82 Å². The Morgan fingerprint density at radius 3 is 2.70 bits per heavy atom. The van der Waals surface area contributed by atoms with Crippen LogP contribution in [0.5, 0.6) is 0 Å². The lowest BCUT2D eigenvalue weighted by Crippen LogP contribution is -2.35. The number of aromatic nitrogens is 1. The molecule has 0 aliphatic carbocycles. The lowest BCUT2D eigenvalue weighted by Gasteiger charge is -2.23. The summed E-state index contributed by atoms with van der Waals surface area (Å²) in [5.41, 5.74) is 1.25. The summed E-state index contributed by atoms with van der Waals surface area (Å²) in [7, 11) is 2.20. The molecule has 0 unspecified atom stereocenters. The SMILES string of the molecule is CN1CCCN(c2cccc(CNC(C)(C)C)n2)CC1. The lowest BCUT2D eigenvalue weighted by molar-refractivity contribution is 0.360. The fourth-order valence-electron chi connectivity index (χ4n) is 2.37. The molecule has 1 aromatic rings. The van der Waals surface area contributed by atoms with Crippen molar-refractivity contribution < 1.29 is 0 Å². The Balaban J connectivity index is 2.01. The molecule has 0 amide bonds. The standard InChI is InChI=1S/C16H28N4/c1-16(2,3)17-13-14-7-5-8-15(18-14)20-10-6-9-19(4)11-12-20/h5,7-8,17H,6,9-13H2,1-4H3. The van der Waals surface area contributed by atoms with Gasteiger partial charge >= 0.3 is 0 Å². The summed E-state index contributed by atoms with van der Waals surface area (Å²) in [5, 5.41) is 3.50. The second kappa shape index (κ2) is 6.55. The van der Waals surface area contributed by atoms with Crippen molar-refractivity contribution in [3.05, 3.63) is 23.9 Å². The molecule has 20 heavy (non-hydrogen) atoms. The third kappa shape index (κ3) is 4.76. The molecule has 0 radical (unpaired) electrons. The van der Waals surface area contributed by atoms with E-state index in [4.69, 9.17) is 4.98 Å². The molecule has 0 spiro atoms. The van der Waals surface area contributed by atoms with Crippen LogP contribution in [0.4, 0.5) is 5.82 Å². The number of rotatable bonds is 3. The van der Waals surface area contributed by atoms with E-state index in [0.717, 1.165) is 37.7 Å². The van der Waals surface area contributed by atoms with Crippen molar-refractivity contribution in [3.8, 4) is 0 Å². The van der Waals surface area contributed by atoms with E-state index in [1.165, 1.54) is 13.0 Å². The maximum atomic E-state index is 4.81. The van der Waals surface area contributed by atoms with E-state index in [1.54, 1.807) is 0 Å². The Bertz CT molecular complexity index is 425. The molecular weight excluding hydrogens is 248 g/mol. The van der Waals surface area contributed by atoms with E-state index in [0.29, 0.717) is 0 Å². The van der Waals surface area contributed by atoms with E-state index in [1.807, 2.05) is 0 Å². The van der Waals surface area contributed by atoms with E-state index in [-0.39, 0.29) is 5.54 Å². The summed E-state index contributed by atoms with van der Waals surface area (Å²) in [5.74, 6) is 1.12. The summed E-state index contributed by atoms with van der Waals surface area (Å²) >= 11 is 0. The number of hydrogen-bond donors (Lipinski definition) is 1. The first-order chi connectivity index (χ1) is 9.44. The van der Waals surface area contributed by atoms with Crippen LogP contribution in [-0.4, -0.2) is 48.6 Å².